The van der Waals surface area contributed by atoms with E-state index in [9.17, 15) is 9.59 Å². The summed E-state index contributed by atoms with van der Waals surface area (Å²) < 4.78 is 5.51. The van der Waals surface area contributed by atoms with Gasteiger partial charge in [-0.15, -0.1) is 0 Å². The fourth-order valence-electron chi connectivity index (χ4n) is 1.66. The molecule has 0 atom stereocenters. The predicted molar refractivity (Wildman–Crippen MR) is 90.1 cm³/mol. The second kappa shape index (κ2) is 11.1. The molecule has 0 aliphatic carbocycles. The number of rotatable bonds is 7. The number of hydrogen-bond acceptors (Lipinski definition) is 5. The third kappa shape index (κ3) is 8.48. The third-order valence-corrected chi connectivity index (χ3v) is 2.88. The molecule has 1 aromatic heterocycles. The number of pyridine rings is 1. The van der Waals surface area contributed by atoms with Crippen LogP contribution in [0.4, 0.5) is 0 Å². The fraction of sp³-hybridized carbons (Fsp3) is 0.278. The van der Waals surface area contributed by atoms with E-state index < -0.39 is 0 Å². The summed E-state index contributed by atoms with van der Waals surface area (Å²) in [6, 6.07) is 10.5. The monoisotopic (exact) mass is 314 g/mol. The van der Waals surface area contributed by atoms with Crippen molar-refractivity contribution in [2.24, 2.45) is 0 Å². The topological polar surface area (TPSA) is 59.5 Å². The van der Waals surface area contributed by atoms with Crippen LogP contribution < -0.4 is 4.74 Å². The van der Waals surface area contributed by atoms with Crippen molar-refractivity contribution in [1.82, 2.24) is 9.88 Å². The summed E-state index contributed by atoms with van der Waals surface area (Å²) in [4.78, 5) is 26.2. The Morgan fingerprint density at radius 3 is 2.00 bits per heavy atom. The van der Waals surface area contributed by atoms with Gasteiger partial charge >= 0.3 is 0 Å². The molecule has 23 heavy (non-hydrogen) atoms. The first-order valence-corrected chi connectivity index (χ1v) is 7.33. The average Bonchev–Trinajstić information content (AvgIpc) is 2.60. The normalized spacial score (nSPS) is 9.70. The molecule has 0 bridgehead atoms. The maximum atomic E-state index is 10.4. The van der Waals surface area contributed by atoms with Crippen molar-refractivity contribution in [3.8, 4) is 5.75 Å². The molecule has 0 amide bonds. The zero-order valence-corrected chi connectivity index (χ0v) is 13.5. The number of carbonyl (C=O) groups excluding carboxylic acids is 2. The number of hydrogen-bond donors (Lipinski definition) is 0. The smallest absolute Gasteiger partial charge is 0.150 e. The molecule has 0 unspecified atom stereocenters. The van der Waals surface area contributed by atoms with Gasteiger partial charge in [0, 0.05) is 30.1 Å². The van der Waals surface area contributed by atoms with Crippen LogP contribution in [0.15, 0.2) is 48.8 Å². The van der Waals surface area contributed by atoms with Gasteiger partial charge in [0.25, 0.3) is 0 Å². The van der Waals surface area contributed by atoms with Crippen LogP contribution in [0.2, 0.25) is 0 Å². The minimum absolute atomic E-state index is 0.667. The number of aromatic nitrogens is 1. The molecule has 0 aliphatic heterocycles. The highest BCUT2D eigenvalue weighted by Crippen LogP contribution is 2.11. The van der Waals surface area contributed by atoms with E-state index in [1.165, 1.54) is 0 Å². The Morgan fingerprint density at radius 1 is 0.957 bits per heavy atom. The molecular weight excluding hydrogens is 292 g/mol. The van der Waals surface area contributed by atoms with Crippen molar-refractivity contribution in [2.75, 3.05) is 27.2 Å². The Labute approximate surface area is 136 Å². The van der Waals surface area contributed by atoms with E-state index in [2.05, 4.69) is 9.88 Å². The third-order valence-electron chi connectivity index (χ3n) is 2.88. The van der Waals surface area contributed by atoms with E-state index in [4.69, 9.17) is 4.74 Å². The quantitative estimate of drug-likeness (QED) is 0.581. The molecule has 0 radical (unpaired) electrons. The van der Waals surface area contributed by atoms with E-state index in [0.29, 0.717) is 17.7 Å². The first-order valence-electron chi connectivity index (χ1n) is 7.33. The summed E-state index contributed by atoms with van der Waals surface area (Å²) in [7, 11) is 4.08. The Bertz CT molecular complexity index is 569. The standard InChI is InChI=1S/C12H17NO2.C6H5NO/c1-13(2)8-3-9-15-12-6-4-11(10-14)5-7-12;8-5-6-1-3-7-4-2-6/h4-7,10H,3,8-9H2,1-2H3;1-5H. The van der Waals surface area contributed by atoms with Gasteiger partial charge in [-0.25, -0.2) is 0 Å². The van der Waals surface area contributed by atoms with E-state index in [1.54, 1.807) is 36.7 Å². The second-order valence-corrected chi connectivity index (χ2v) is 5.09. The van der Waals surface area contributed by atoms with Crippen LogP contribution in [-0.2, 0) is 0 Å². The van der Waals surface area contributed by atoms with Crippen molar-refractivity contribution in [1.29, 1.82) is 0 Å². The fourth-order valence-corrected chi connectivity index (χ4v) is 1.66. The van der Waals surface area contributed by atoms with E-state index in [1.807, 2.05) is 26.2 Å². The lowest BCUT2D eigenvalue weighted by molar-refractivity contribution is 0.111. The lowest BCUT2D eigenvalue weighted by Gasteiger charge is -2.10. The van der Waals surface area contributed by atoms with Crippen molar-refractivity contribution >= 4 is 12.6 Å². The van der Waals surface area contributed by atoms with Crippen LogP contribution in [0.1, 0.15) is 27.1 Å². The lowest BCUT2D eigenvalue weighted by atomic mass is 10.2. The van der Waals surface area contributed by atoms with Crippen molar-refractivity contribution < 1.29 is 14.3 Å². The lowest BCUT2D eigenvalue weighted by Crippen LogP contribution is -2.15. The highest BCUT2D eigenvalue weighted by atomic mass is 16.5. The molecule has 0 N–H and O–H groups in total. The first kappa shape index (κ1) is 18.5. The highest BCUT2D eigenvalue weighted by molar-refractivity contribution is 5.74. The molecule has 1 aromatic carbocycles. The van der Waals surface area contributed by atoms with Gasteiger partial charge < -0.3 is 9.64 Å². The van der Waals surface area contributed by atoms with Gasteiger partial charge in [-0.1, -0.05) is 0 Å². The van der Waals surface area contributed by atoms with Gasteiger partial charge in [0.15, 0.2) is 0 Å². The molecule has 1 heterocycles. The second-order valence-electron chi connectivity index (χ2n) is 5.09. The molecule has 5 nitrogen and oxygen atoms in total. The van der Waals surface area contributed by atoms with Gasteiger partial charge in [-0.3, -0.25) is 14.6 Å². The van der Waals surface area contributed by atoms with Gasteiger partial charge in [-0.2, -0.15) is 0 Å². The molecule has 0 saturated carbocycles. The van der Waals surface area contributed by atoms with Crippen LogP contribution in [0.5, 0.6) is 5.75 Å². The molecule has 122 valence electrons. The number of nitrogens with zero attached hydrogens (tertiary/aromatic N) is 2. The molecule has 0 fully saturated rings. The summed E-state index contributed by atoms with van der Waals surface area (Å²) in [6.45, 7) is 1.73. The van der Waals surface area contributed by atoms with Crippen molar-refractivity contribution in [3.63, 3.8) is 0 Å². The molecule has 2 rings (SSSR count). The first-order chi connectivity index (χ1) is 11.2. The average molecular weight is 314 g/mol. The minimum atomic E-state index is 0.667. The number of carbonyl (C=O) groups is 2. The Balaban J connectivity index is 0.000000277. The maximum Gasteiger partial charge on any atom is 0.150 e. The van der Waals surface area contributed by atoms with Gasteiger partial charge in [-0.05, 0) is 56.9 Å². The van der Waals surface area contributed by atoms with E-state index in [0.717, 1.165) is 31.3 Å². The summed E-state index contributed by atoms with van der Waals surface area (Å²) in [6.07, 6.45) is 5.80. The summed E-state index contributed by atoms with van der Waals surface area (Å²) in [5.74, 6) is 0.819. The van der Waals surface area contributed by atoms with Crippen molar-refractivity contribution in [2.45, 2.75) is 6.42 Å². The number of benzene rings is 1. The van der Waals surface area contributed by atoms with Crippen LogP contribution in [0, 0.1) is 0 Å². The Morgan fingerprint density at radius 2 is 1.52 bits per heavy atom. The zero-order valence-electron chi connectivity index (χ0n) is 13.5. The SMILES string of the molecule is CN(C)CCCOc1ccc(C=O)cc1.O=Cc1ccncc1. The maximum absolute atomic E-state index is 10.4. The van der Waals surface area contributed by atoms with E-state index in [-0.39, 0.29) is 0 Å². The summed E-state index contributed by atoms with van der Waals surface area (Å²) >= 11 is 0. The predicted octanol–water partition coefficient (Wildman–Crippen LogP) is 2.72. The zero-order chi connectivity index (χ0) is 16.9. The van der Waals surface area contributed by atoms with Gasteiger partial charge in [0.2, 0.25) is 0 Å². The number of aldehydes is 2. The van der Waals surface area contributed by atoms with Crippen LogP contribution in [-0.4, -0.2) is 49.7 Å². The van der Waals surface area contributed by atoms with Crippen LogP contribution >= 0.6 is 0 Å². The number of ether oxygens (including phenoxy) is 1. The molecule has 0 saturated heterocycles. The van der Waals surface area contributed by atoms with Crippen LogP contribution in [0.3, 0.4) is 0 Å². The Hall–Kier alpha value is -2.53. The molecule has 5 heteroatoms. The summed E-state index contributed by atoms with van der Waals surface area (Å²) in [5.41, 5.74) is 1.34. The summed E-state index contributed by atoms with van der Waals surface area (Å²) in [5, 5.41) is 0. The van der Waals surface area contributed by atoms with Crippen LogP contribution in [0.25, 0.3) is 0 Å². The molecule has 0 aliphatic rings. The molecular formula is C18H22N2O3. The minimum Gasteiger partial charge on any atom is -0.494 e. The largest absolute Gasteiger partial charge is 0.494 e. The van der Waals surface area contributed by atoms with Gasteiger partial charge in [0.05, 0.1) is 6.61 Å². The van der Waals surface area contributed by atoms with Gasteiger partial charge in [0.1, 0.15) is 18.3 Å². The highest BCUT2D eigenvalue weighted by Gasteiger charge is 1.95. The van der Waals surface area contributed by atoms with E-state index >= 15 is 0 Å². The Kier molecular flexibility index (Phi) is 8.93. The molecule has 0 spiro atoms. The molecule has 2 aromatic rings. The van der Waals surface area contributed by atoms with Crippen molar-refractivity contribution in [3.05, 3.63) is 59.9 Å².